The van der Waals surface area contributed by atoms with E-state index in [1.54, 1.807) is 11.1 Å². The first-order valence-corrected chi connectivity index (χ1v) is 12.8. The molecule has 0 spiro atoms. The van der Waals surface area contributed by atoms with Crippen LogP contribution in [0.5, 0.6) is 0 Å². The minimum absolute atomic E-state index is 0.0780. The number of carbonyl (C=O) groups is 2. The molecule has 2 aromatic heterocycles. The molecular weight excluding hydrogens is 436 g/mol. The summed E-state index contributed by atoms with van der Waals surface area (Å²) < 4.78 is 2.02. The minimum atomic E-state index is -1.04. The fourth-order valence-corrected chi connectivity index (χ4v) is 5.48. The summed E-state index contributed by atoms with van der Waals surface area (Å²) in [6.07, 6.45) is 9.73. The summed E-state index contributed by atoms with van der Waals surface area (Å²) in [4.78, 5) is 34.0. The van der Waals surface area contributed by atoms with Crippen molar-refractivity contribution in [1.82, 2.24) is 19.8 Å². The summed E-state index contributed by atoms with van der Waals surface area (Å²) in [5, 5.41) is 3.35. The van der Waals surface area contributed by atoms with Gasteiger partial charge in [0.25, 0.3) is 5.91 Å². The van der Waals surface area contributed by atoms with E-state index in [0.717, 1.165) is 42.6 Å². The summed E-state index contributed by atoms with van der Waals surface area (Å²) >= 11 is 0. The number of amides is 2. The number of aromatic nitrogens is 2. The van der Waals surface area contributed by atoms with Crippen molar-refractivity contribution in [2.45, 2.75) is 76.5 Å². The lowest BCUT2D eigenvalue weighted by molar-refractivity contribution is -0.134. The lowest BCUT2D eigenvalue weighted by atomic mass is 9.91. The molecule has 3 heterocycles. The first-order valence-electron chi connectivity index (χ1n) is 12.8. The van der Waals surface area contributed by atoms with Crippen molar-refractivity contribution in [2.75, 3.05) is 0 Å². The maximum Gasteiger partial charge on any atom is 0.271 e. The van der Waals surface area contributed by atoms with Gasteiger partial charge >= 0.3 is 0 Å². The van der Waals surface area contributed by atoms with Crippen molar-refractivity contribution in [3.8, 4) is 11.3 Å². The van der Waals surface area contributed by atoms with Gasteiger partial charge in [-0.3, -0.25) is 14.6 Å². The van der Waals surface area contributed by atoms with Crippen LogP contribution in [0.25, 0.3) is 11.3 Å². The zero-order valence-corrected chi connectivity index (χ0v) is 20.5. The second-order valence-corrected chi connectivity index (χ2v) is 10.1. The first kappa shape index (κ1) is 23.3. The maximum atomic E-state index is 14.0. The predicted molar refractivity (Wildman–Crippen MR) is 137 cm³/mol. The van der Waals surface area contributed by atoms with Crippen molar-refractivity contribution in [2.24, 2.45) is 0 Å². The van der Waals surface area contributed by atoms with Gasteiger partial charge in [-0.1, -0.05) is 68.5 Å². The van der Waals surface area contributed by atoms with Crippen LogP contribution in [0.1, 0.15) is 68.1 Å². The Bertz CT molecular complexity index is 1170. The first-order chi connectivity index (χ1) is 17.1. The average molecular weight is 471 g/mol. The molecule has 1 fully saturated rings. The molecule has 0 radical (unpaired) electrons. The van der Waals surface area contributed by atoms with Crippen LogP contribution in [0.15, 0.2) is 66.9 Å². The number of fused-ring (bicyclic) bond motifs is 1. The zero-order chi connectivity index (χ0) is 24.3. The van der Waals surface area contributed by atoms with E-state index in [1.165, 1.54) is 19.3 Å². The minimum Gasteiger partial charge on any atom is -0.351 e. The van der Waals surface area contributed by atoms with Gasteiger partial charge in [0.2, 0.25) is 5.91 Å². The maximum absolute atomic E-state index is 14.0. The Balaban J connectivity index is 1.50. The van der Waals surface area contributed by atoms with E-state index in [2.05, 4.69) is 10.3 Å². The van der Waals surface area contributed by atoms with Crippen LogP contribution in [0.4, 0.5) is 0 Å². The Kier molecular flexibility index (Phi) is 6.71. The number of pyridine rings is 1. The molecule has 1 aliphatic carbocycles. The van der Waals surface area contributed by atoms with Crippen LogP contribution in [0.3, 0.4) is 0 Å². The average Bonchev–Trinajstić information content (AvgIpc) is 3.28. The third-order valence-corrected chi connectivity index (χ3v) is 7.55. The van der Waals surface area contributed by atoms with E-state index in [9.17, 15) is 9.59 Å². The van der Waals surface area contributed by atoms with Crippen molar-refractivity contribution in [1.29, 1.82) is 0 Å². The van der Waals surface area contributed by atoms with Crippen molar-refractivity contribution in [3.63, 3.8) is 0 Å². The number of rotatable bonds is 5. The monoisotopic (exact) mass is 470 g/mol. The largest absolute Gasteiger partial charge is 0.351 e. The Labute approximate surface area is 207 Å². The number of nitrogens with zero attached hydrogens (tertiary/aromatic N) is 3. The number of hydrogen-bond donors (Lipinski definition) is 1. The molecule has 2 amide bonds. The fourth-order valence-electron chi connectivity index (χ4n) is 5.48. The molecule has 1 aromatic carbocycles. The molecule has 0 saturated heterocycles. The van der Waals surface area contributed by atoms with Gasteiger partial charge in [-0.15, -0.1) is 0 Å². The summed E-state index contributed by atoms with van der Waals surface area (Å²) in [6.45, 7) is 2.60. The summed E-state index contributed by atoms with van der Waals surface area (Å²) in [7, 11) is 0. The lowest BCUT2D eigenvalue weighted by Gasteiger charge is -2.45. The van der Waals surface area contributed by atoms with Gasteiger partial charge in [-0.05, 0) is 49.6 Å². The van der Waals surface area contributed by atoms with E-state index in [-0.39, 0.29) is 17.9 Å². The van der Waals surface area contributed by atoms with Gasteiger partial charge in [-0.25, -0.2) is 0 Å². The lowest BCUT2D eigenvalue weighted by Crippen LogP contribution is -2.64. The molecule has 1 saturated carbocycles. The highest BCUT2D eigenvalue weighted by Gasteiger charge is 2.48. The molecule has 1 atom stereocenters. The molecule has 1 N–H and O–H groups in total. The molecule has 5 rings (SSSR count). The van der Waals surface area contributed by atoms with Gasteiger partial charge in [0.05, 0.1) is 18.8 Å². The highest BCUT2D eigenvalue weighted by Crippen LogP contribution is 2.34. The predicted octanol–water partition coefficient (Wildman–Crippen LogP) is 5.19. The number of benzene rings is 1. The topological polar surface area (TPSA) is 67.2 Å². The highest BCUT2D eigenvalue weighted by atomic mass is 16.2. The third kappa shape index (κ3) is 4.75. The van der Waals surface area contributed by atoms with Crippen LogP contribution >= 0.6 is 0 Å². The number of nitrogens with one attached hydrogen (secondary N) is 1. The van der Waals surface area contributed by atoms with Crippen molar-refractivity contribution >= 4 is 11.8 Å². The second-order valence-electron chi connectivity index (χ2n) is 10.1. The molecule has 6 nitrogen and oxygen atoms in total. The Morgan fingerprint density at radius 1 is 0.943 bits per heavy atom. The molecule has 3 aromatic rings. The normalized spacial score (nSPS) is 21.2. The molecule has 35 heavy (non-hydrogen) atoms. The molecule has 0 bridgehead atoms. The van der Waals surface area contributed by atoms with Crippen molar-refractivity contribution < 1.29 is 9.59 Å². The summed E-state index contributed by atoms with van der Waals surface area (Å²) in [6, 6.07) is 19.8. The van der Waals surface area contributed by atoms with Gasteiger partial charge in [0.15, 0.2) is 0 Å². The Morgan fingerprint density at radius 2 is 1.63 bits per heavy atom. The number of hydrogen-bond acceptors (Lipinski definition) is 3. The quantitative estimate of drug-likeness (QED) is 0.558. The SMILES string of the molecule is C[C@]1(C(=O)NC2CCCCCCC2)Cn2c(ccc2-c2ccccc2)C(=O)N1Cc1ccccn1. The van der Waals surface area contributed by atoms with Crippen LogP contribution in [0, 0.1) is 0 Å². The standard InChI is InChI=1S/C29H34N4O2/c1-29(28(35)31-23-14-8-3-2-4-9-15-23)21-32-25(22-12-6-5-7-13-22)17-18-26(32)27(34)33(29)20-24-16-10-11-19-30-24/h5-7,10-13,16-19,23H,2-4,8-9,14-15,20-21H2,1H3,(H,31,35)/t29-/m1/s1. The van der Waals surface area contributed by atoms with Gasteiger partial charge < -0.3 is 14.8 Å². The van der Waals surface area contributed by atoms with Crippen molar-refractivity contribution in [3.05, 3.63) is 78.2 Å². The Hall–Kier alpha value is -3.41. The van der Waals surface area contributed by atoms with Crippen LogP contribution < -0.4 is 5.32 Å². The van der Waals surface area contributed by atoms with E-state index in [1.807, 2.05) is 72.2 Å². The van der Waals surface area contributed by atoms with Crippen LogP contribution in [-0.2, 0) is 17.9 Å². The van der Waals surface area contributed by atoms with Gasteiger partial charge in [0.1, 0.15) is 11.2 Å². The smallest absolute Gasteiger partial charge is 0.271 e. The molecule has 6 heteroatoms. The molecule has 182 valence electrons. The van der Waals surface area contributed by atoms with E-state index < -0.39 is 5.54 Å². The van der Waals surface area contributed by atoms with Crippen LogP contribution in [0.2, 0.25) is 0 Å². The Morgan fingerprint density at radius 3 is 2.34 bits per heavy atom. The van der Waals surface area contributed by atoms with Crippen LogP contribution in [-0.4, -0.2) is 37.8 Å². The molecule has 2 aliphatic rings. The summed E-state index contributed by atoms with van der Waals surface area (Å²) in [5.74, 6) is -0.217. The molecule has 0 unspecified atom stereocenters. The fraction of sp³-hybridized carbons (Fsp3) is 0.414. The van der Waals surface area contributed by atoms with Gasteiger partial charge in [-0.2, -0.15) is 0 Å². The zero-order valence-electron chi connectivity index (χ0n) is 20.5. The summed E-state index contributed by atoms with van der Waals surface area (Å²) in [5.41, 5.74) is 2.33. The number of carbonyl (C=O) groups excluding carboxylic acids is 2. The molecule has 1 aliphatic heterocycles. The highest BCUT2D eigenvalue weighted by molar-refractivity contribution is 6.00. The third-order valence-electron chi connectivity index (χ3n) is 7.55. The molecular formula is C29H34N4O2. The van der Waals surface area contributed by atoms with E-state index in [0.29, 0.717) is 18.8 Å². The van der Waals surface area contributed by atoms with Gasteiger partial charge in [0, 0.05) is 17.9 Å². The van der Waals surface area contributed by atoms with E-state index >= 15 is 0 Å². The second kappa shape index (κ2) is 10.1. The van der Waals surface area contributed by atoms with E-state index in [4.69, 9.17) is 0 Å².